The third-order valence-corrected chi connectivity index (χ3v) is 2.79. The van der Waals surface area contributed by atoms with Crippen molar-refractivity contribution in [2.24, 2.45) is 5.73 Å². The number of hydrogen-bond donors (Lipinski definition) is 3. The van der Waals surface area contributed by atoms with Crippen LogP contribution in [-0.2, 0) is 6.54 Å². The molecule has 3 aliphatic rings. The van der Waals surface area contributed by atoms with Crippen LogP contribution in [0.5, 0.6) is 0 Å². The van der Waals surface area contributed by atoms with Crippen molar-refractivity contribution < 1.29 is 4.79 Å². The molecule has 0 spiro atoms. The van der Waals surface area contributed by atoms with E-state index in [2.05, 4.69) is 15.5 Å². The lowest BCUT2D eigenvalue weighted by molar-refractivity contribution is 0.1000. The highest BCUT2D eigenvalue weighted by Gasteiger charge is 2.22. The van der Waals surface area contributed by atoms with Crippen LogP contribution in [0.4, 0.5) is 0 Å². The molecule has 0 unspecified atom stereocenters. The molecule has 5 heteroatoms. The number of carbonyl (C=O) groups is 1. The minimum Gasteiger partial charge on any atom is -0.387 e. The summed E-state index contributed by atoms with van der Waals surface area (Å²) in [4.78, 5) is 11.3. The molecule has 16 heavy (non-hydrogen) atoms. The summed E-state index contributed by atoms with van der Waals surface area (Å²) in [5.41, 5.74) is 9.70. The lowest BCUT2D eigenvalue weighted by Gasteiger charge is -2.05. The van der Waals surface area contributed by atoms with Crippen molar-refractivity contribution in [3.8, 4) is 11.1 Å². The molecule has 0 radical (unpaired) electrons. The number of amides is 1. The number of H-pyrrole nitrogens is 1. The van der Waals surface area contributed by atoms with Gasteiger partial charge in [0.05, 0.1) is 11.9 Å². The quantitative estimate of drug-likeness (QED) is 0.653. The molecule has 0 atom stereocenters. The van der Waals surface area contributed by atoms with Crippen LogP contribution in [0.15, 0.2) is 18.5 Å². The number of aromatic amines is 1. The fourth-order valence-electron chi connectivity index (χ4n) is 2.10. The van der Waals surface area contributed by atoms with Crippen molar-refractivity contribution in [2.45, 2.75) is 6.54 Å². The van der Waals surface area contributed by atoms with E-state index in [1.807, 2.05) is 12.3 Å². The minimum absolute atomic E-state index is 0.402. The van der Waals surface area contributed by atoms with Gasteiger partial charge in [0.2, 0.25) is 5.91 Å². The Morgan fingerprint density at radius 3 is 3.19 bits per heavy atom. The van der Waals surface area contributed by atoms with E-state index in [0.29, 0.717) is 12.1 Å². The van der Waals surface area contributed by atoms with E-state index in [0.717, 1.165) is 22.4 Å². The van der Waals surface area contributed by atoms with Crippen LogP contribution in [0, 0.1) is 0 Å². The Morgan fingerprint density at radius 1 is 1.50 bits per heavy atom. The molecule has 0 fully saturated rings. The van der Waals surface area contributed by atoms with E-state index < -0.39 is 5.91 Å². The van der Waals surface area contributed by atoms with Crippen LogP contribution in [0.3, 0.4) is 0 Å². The van der Waals surface area contributed by atoms with E-state index in [1.54, 1.807) is 12.3 Å². The second kappa shape index (κ2) is 3.10. The normalized spacial score (nSPS) is 13.5. The first-order valence-electron chi connectivity index (χ1n) is 4.96. The molecule has 2 aliphatic heterocycles. The van der Waals surface area contributed by atoms with Crippen LogP contribution in [0.1, 0.15) is 21.6 Å². The molecule has 80 valence electrons. The Labute approximate surface area is 91.7 Å². The summed E-state index contributed by atoms with van der Waals surface area (Å²) in [5, 5.41) is 10.0. The van der Waals surface area contributed by atoms with Gasteiger partial charge in [0, 0.05) is 23.2 Å². The van der Waals surface area contributed by atoms with E-state index in [9.17, 15) is 4.79 Å². The first kappa shape index (κ1) is 8.96. The topological polar surface area (TPSA) is 83.8 Å². The molecule has 4 N–H and O–H groups in total. The summed E-state index contributed by atoms with van der Waals surface area (Å²) in [7, 11) is 0. The number of aromatic nitrogens is 2. The molecular weight excluding hydrogens is 204 g/mol. The first-order valence-corrected chi connectivity index (χ1v) is 4.96. The number of nitrogens with zero attached hydrogens (tertiary/aromatic N) is 1. The maximum Gasteiger partial charge on any atom is 0.249 e. The SMILES string of the molecule is NC(=O)c1cc2cn[nH]c3c-2c1CNC=C3. The van der Waals surface area contributed by atoms with E-state index in [1.165, 1.54) is 0 Å². The number of nitrogens with one attached hydrogen (secondary N) is 2. The van der Waals surface area contributed by atoms with Crippen molar-refractivity contribution in [3.63, 3.8) is 0 Å². The molecule has 1 amide bonds. The van der Waals surface area contributed by atoms with Crippen LogP contribution in [0.2, 0.25) is 0 Å². The Hall–Kier alpha value is -2.30. The number of hydrogen-bond acceptors (Lipinski definition) is 3. The fraction of sp³-hybridized carbons (Fsp3) is 0.0909. The molecular formula is C11H10N4O. The van der Waals surface area contributed by atoms with Crippen molar-refractivity contribution in [1.82, 2.24) is 15.5 Å². The Balaban J connectivity index is 2.38. The fourth-order valence-corrected chi connectivity index (χ4v) is 2.10. The zero-order valence-electron chi connectivity index (χ0n) is 8.45. The summed E-state index contributed by atoms with van der Waals surface area (Å²) in [5.74, 6) is -0.402. The van der Waals surface area contributed by atoms with Gasteiger partial charge in [0.1, 0.15) is 0 Å². The molecule has 2 heterocycles. The van der Waals surface area contributed by atoms with Gasteiger partial charge in [-0.3, -0.25) is 9.89 Å². The lowest BCUT2D eigenvalue weighted by Crippen LogP contribution is -2.14. The molecule has 5 nitrogen and oxygen atoms in total. The number of rotatable bonds is 1. The van der Waals surface area contributed by atoms with Gasteiger partial charge in [-0.1, -0.05) is 0 Å². The van der Waals surface area contributed by atoms with Gasteiger partial charge in [-0.05, 0) is 23.9 Å². The molecule has 0 aromatic rings. The monoisotopic (exact) mass is 214 g/mol. The summed E-state index contributed by atoms with van der Waals surface area (Å²) < 4.78 is 0. The predicted octanol–water partition coefficient (Wildman–Crippen LogP) is 0.687. The van der Waals surface area contributed by atoms with E-state index in [4.69, 9.17) is 5.73 Å². The zero-order chi connectivity index (χ0) is 11.1. The van der Waals surface area contributed by atoms with Gasteiger partial charge in [-0.15, -0.1) is 0 Å². The minimum atomic E-state index is -0.402. The van der Waals surface area contributed by atoms with Crippen molar-refractivity contribution >= 4 is 12.0 Å². The van der Waals surface area contributed by atoms with Crippen molar-refractivity contribution in [2.75, 3.05) is 0 Å². The smallest absolute Gasteiger partial charge is 0.249 e. The first-order chi connectivity index (χ1) is 7.77. The van der Waals surface area contributed by atoms with E-state index >= 15 is 0 Å². The van der Waals surface area contributed by atoms with Gasteiger partial charge < -0.3 is 11.1 Å². The van der Waals surface area contributed by atoms with Gasteiger partial charge in [0.15, 0.2) is 0 Å². The van der Waals surface area contributed by atoms with Gasteiger partial charge in [0.25, 0.3) is 0 Å². The maximum atomic E-state index is 11.3. The van der Waals surface area contributed by atoms with Crippen molar-refractivity contribution in [1.29, 1.82) is 0 Å². The number of primary amides is 1. The molecule has 1 aliphatic carbocycles. The predicted molar refractivity (Wildman–Crippen MR) is 59.6 cm³/mol. The Bertz CT molecular complexity index is 570. The summed E-state index contributed by atoms with van der Waals surface area (Å²) in [6.07, 6.45) is 5.43. The molecule has 3 rings (SSSR count). The van der Waals surface area contributed by atoms with Crippen molar-refractivity contribution in [3.05, 3.63) is 35.3 Å². The second-order valence-corrected chi connectivity index (χ2v) is 3.73. The van der Waals surface area contributed by atoms with Crippen LogP contribution in [0.25, 0.3) is 17.2 Å². The van der Waals surface area contributed by atoms with E-state index in [-0.39, 0.29) is 0 Å². The number of nitrogens with two attached hydrogens (primary N) is 1. The highest BCUT2D eigenvalue weighted by atomic mass is 16.1. The third-order valence-electron chi connectivity index (χ3n) is 2.79. The maximum absolute atomic E-state index is 11.3. The molecule has 0 aromatic carbocycles. The molecule has 0 bridgehead atoms. The molecule has 0 aromatic heterocycles. The standard InChI is InChI=1S/C11H10N4O/c12-11(16)7-3-6-4-14-15-9-1-2-13-5-8(7)10(6)9/h1-4,13,15H,5H2,(H2,12,16). The highest BCUT2D eigenvalue weighted by molar-refractivity contribution is 6.00. The molecule has 0 saturated heterocycles. The Morgan fingerprint density at radius 2 is 2.38 bits per heavy atom. The van der Waals surface area contributed by atoms with Gasteiger partial charge >= 0.3 is 0 Å². The average molecular weight is 214 g/mol. The van der Waals surface area contributed by atoms with Crippen LogP contribution in [-0.4, -0.2) is 16.1 Å². The average Bonchev–Trinajstić information content (AvgIpc) is 2.50. The summed E-state index contributed by atoms with van der Waals surface area (Å²) in [6, 6.07) is 1.79. The van der Waals surface area contributed by atoms with Gasteiger partial charge in [-0.2, -0.15) is 5.10 Å². The Kier molecular flexibility index (Phi) is 1.73. The third kappa shape index (κ3) is 1.11. The lowest BCUT2D eigenvalue weighted by atomic mass is 10.1. The summed E-state index contributed by atoms with van der Waals surface area (Å²) in [6.45, 7) is 0.600. The second-order valence-electron chi connectivity index (χ2n) is 3.73. The van der Waals surface area contributed by atoms with Crippen LogP contribution >= 0.6 is 0 Å². The van der Waals surface area contributed by atoms with Crippen LogP contribution < -0.4 is 11.1 Å². The largest absolute Gasteiger partial charge is 0.387 e. The summed E-state index contributed by atoms with van der Waals surface area (Å²) >= 11 is 0. The molecule has 0 saturated carbocycles. The van der Waals surface area contributed by atoms with Gasteiger partial charge in [-0.25, -0.2) is 0 Å². The highest BCUT2D eigenvalue weighted by Crippen LogP contribution is 2.34. The number of carbonyl (C=O) groups excluding carboxylic acids is 1. The zero-order valence-corrected chi connectivity index (χ0v) is 8.45.